The SMILES string of the molecule is COc1ccc2c(c1)c(Cl)c(C(=O)O)n2-c1ccc(CNC(=O)OC(C)(C)C)cc1. The van der Waals surface area contributed by atoms with E-state index in [0.717, 1.165) is 5.56 Å². The van der Waals surface area contributed by atoms with Gasteiger partial charge < -0.3 is 24.5 Å². The average Bonchev–Trinajstić information content (AvgIpc) is 2.97. The molecule has 0 saturated carbocycles. The van der Waals surface area contributed by atoms with Gasteiger partial charge in [-0.3, -0.25) is 0 Å². The van der Waals surface area contributed by atoms with Gasteiger partial charge in [-0.1, -0.05) is 23.7 Å². The maximum absolute atomic E-state index is 11.9. The van der Waals surface area contributed by atoms with Crippen LogP contribution in [0, 0.1) is 0 Å². The quantitative estimate of drug-likeness (QED) is 0.593. The largest absolute Gasteiger partial charge is 0.497 e. The van der Waals surface area contributed by atoms with Gasteiger partial charge in [-0.2, -0.15) is 0 Å². The number of methoxy groups -OCH3 is 1. The Morgan fingerprint density at radius 2 is 1.80 bits per heavy atom. The molecule has 7 nitrogen and oxygen atoms in total. The van der Waals surface area contributed by atoms with Crippen molar-refractivity contribution in [3.05, 3.63) is 58.7 Å². The van der Waals surface area contributed by atoms with Gasteiger partial charge in [0.15, 0.2) is 5.69 Å². The number of aromatic nitrogens is 1. The van der Waals surface area contributed by atoms with Crippen LogP contribution in [-0.4, -0.2) is 34.4 Å². The lowest BCUT2D eigenvalue weighted by Gasteiger charge is -2.19. The lowest BCUT2D eigenvalue weighted by molar-refractivity contribution is 0.0523. The number of benzene rings is 2. The summed E-state index contributed by atoms with van der Waals surface area (Å²) in [5.74, 6) is -0.548. The number of fused-ring (bicyclic) bond motifs is 1. The summed E-state index contributed by atoms with van der Waals surface area (Å²) in [6.45, 7) is 5.67. The summed E-state index contributed by atoms with van der Waals surface area (Å²) < 4.78 is 12.0. The summed E-state index contributed by atoms with van der Waals surface area (Å²) in [7, 11) is 1.54. The van der Waals surface area contributed by atoms with Gasteiger partial charge in [0.1, 0.15) is 11.4 Å². The van der Waals surface area contributed by atoms with Crippen molar-refractivity contribution in [1.82, 2.24) is 9.88 Å². The molecule has 2 N–H and O–H groups in total. The smallest absolute Gasteiger partial charge is 0.407 e. The van der Waals surface area contributed by atoms with Crippen LogP contribution in [0.1, 0.15) is 36.8 Å². The minimum atomic E-state index is -1.13. The zero-order chi connectivity index (χ0) is 22.1. The summed E-state index contributed by atoms with van der Waals surface area (Å²) >= 11 is 6.39. The van der Waals surface area contributed by atoms with Gasteiger partial charge >= 0.3 is 12.1 Å². The fraction of sp³-hybridized carbons (Fsp3) is 0.273. The number of carboxylic acid groups (broad SMARTS) is 1. The second-order valence-corrected chi connectivity index (χ2v) is 8.09. The van der Waals surface area contributed by atoms with E-state index in [1.807, 2.05) is 12.1 Å². The number of ether oxygens (including phenoxy) is 2. The van der Waals surface area contributed by atoms with E-state index < -0.39 is 17.7 Å². The number of carboxylic acids is 1. The number of aromatic carboxylic acids is 1. The third-order valence-electron chi connectivity index (χ3n) is 4.35. The van der Waals surface area contributed by atoms with Crippen LogP contribution in [-0.2, 0) is 11.3 Å². The molecule has 0 aliphatic rings. The first kappa shape index (κ1) is 21.5. The molecule has 0 bridgehead atoms. The fourth-order valence-corrected chi connectivity index (χ4v) is 3.38. The molecule has 30 heavy (non-hydrogen) atoms. The van der Waals surface area contributed by atoms with Crippen molar-refractivity contribution in [2.45, 2.75) is 32.9 Å². The third kappa shape index (κ3) is 4.52. The lowest BCUT2D eigenvalue weighted by Crippen LogP contribution is -2.32. The number of carbonyl (C=O) groups excluding carboxylic acids is 1. The number of hydrogen-bond acceptors (Lipinski definition) is 4. The number of alkyl carbamates (subject to hydrolysis) is 1. The molecule has 158 valence electrons. The Kier molecular flexibility index (Phi) is 5.94. The van der Waals surface area contributed by atoms with Gasteiger partial charge in [0.25, 0.3) is 0 Å². The molecule has 0 fully saturated rings. The van der Waals surface area contributed by atoms with Crippen LogP contribution in [0.3, 0.4) is 0 Å². The van der Waals surface area contributed by atoms with E-state index in [1.165, 1.54) is 7.11 Å². The number of nitrogens with zero attached hydrogens (tertiary/aromatic N) is 1. The monoisotopic (exact) mass is 430 g/mol. The highest BCUT2D eigenvalue weighted by Crippen LogP contribution is 2.35. The van der Waals surface area contributed by atoms with Crippen molar-refractivity contribution >= 4 is 34.6 Å². The minimum Gasteiger partial charge on any atom is -0.497 e. The molecule has 3 aromatic rings. The van der Waals surface area contributed by atoms with Gasteiger partial charge in [-0.15, -0.1) is 0 Å². The van der Waals surface area contributed by atoms with Crippen LogP contribution < -0.4 is 10.1 Å². The van der Waals surface area contributed by atoms with Crippen LogP contribution >= 0.6 is 11.6 Å². The molecule has 1 amide bonds. The van der Waals surface area contributed by atoms with Crippen molar-refractivity contribution in [1.29, 1.82) is 0 Å². The third-order valence-corrected chi connectivity index (χ3v) is 4.73. The molecule has 0 unspecified atom stereocenters. The van der Waals surface area contributed by atoms with Crippen LogP contribution in [0.25, 0.3) is 16.6 Å². The van der Waals surface area contributed by atoms with E-state index in [1.54, 1.807) is 55.7 Å². The van der Waals surface area contributed by atoms with Gasteiger partial charge in [-0.05, 0) is 56.7 Å². The molecule has 1 heterocycles. The Bertz CT molecular complexity index is 1100. The van der Waals surface area contributed by atoms with Crippen molar-refractivity contribution in [2.75, 3.05) is 7.11 Å². The maximum Gasteiger partial charge on any atom is 0.407 e. The summed E-state index contributed by atoms with van der Waals surface area (Å²) in [5.41, 5.74) is 1.53. The predicted octanol–water partition coefficient (Wildman–Crippen LogP) is 5.02. The average molecular weight is 431 g/mol. The highest BCUT2D eigenvalue weighted by Gasteiger charge is 2.23. The Morgan fingerprint density at radius 1 is 1.13 bits per heavy atom. The van der Waals surface area contributed by atoms with E-state index in [0.29, 0.717) is 22.3 Å². The maximum atomic E-state index is 11.9. The topological polar surface area (TPSA) is 89.8 Å². The highest BCUT2D eigenvalue weighted by atomic mass is 35.5. The van der Waals surface area contributed by atoms with Gasteiger partial charge in [0.2, 0.25) is 0 Å². The van der Waals surface area contributed by atoms with E-state index in [4.69, 9.17) is 21.1 Å². The number of nitrogens with one attached hydrogen (secondary N) is 1. The van der Waals surface area contributed by atoms with Crippen molar-refractivity contribution in [3.63, 3.8) is 0 Å². The summed E-state index contributed by atoms with van der Waals surface area (Å²) in [6.07, 6.45) is -0.503. The highest BCUT2D eigenvalue weighted by molar-refractivity contribution is 6.38. The van der Waals surface area contributed by atoms with Crippen molar-refractivity contribution in [2.24, 2.45) is 0 Å². The first-order valence-electron chi connectivity index (χ1n) is 9.28. The molecule has 0 saturated heterocycles. The number of amides is 1. The molecule has 2 aromatic carbocycles. The number of halogens is 1. The predicted molar refractivity (Wildman–Crippen MR) is 115 cm³/mol. The first-order chi connectivity index (χ1) is 14.1. The Labute approximate surface area is 179 Å². The van der Waals surface area contributed by atoms with Crippen molar-refractivity contribution in [3.8, 4) is 11.4 Å². The number of rotatable bonds is 5. The molecule has 3 rings (SSSR count). The standard InChI is InChI=1S/C22H23ClN2O5/c1-22(2,3)30-21(28)24-12-13-5-7-14(8-6-13)25-17-10-9-15(29-4)11-16(17)18(23)19(25)20(26)27/h5-11H,12H2,1-4H3,(H,24,28)(H,26,27). The molecular weight excluding hydrogens is 408 g/mol. The van der Waals surface area contributed by atoms with Gasteiger partial charge in [0, 0.05) is 17.6 Å². The molecular formula is C22H23ClN2O5. The Morgan fingerprint density at radius 3 is 2.37 bits per heavy atom. The molecule has 0 aliphatic heterocycles. The number of hydrogen-bond donors (Lipinski definition) is 2. The molecule has 0 radical (unpaired) electrons. The Balaban J connectivity index is 1.92. The van der Waals surface area contributed by atoms with Gasteiger partial charge in [0.05, 0.1) is 17.6 Å². The van der Waals surface area contributed by atoms with Crippen molar-refractivity contribution < 1.29 is 24.2 Å². The van der Waals surface area contributed by atoms with E-state index in [9.17, 15) is 14.7 Å². The Hall–Kier alpha value is -3.19. The van der Waals surface area contributed by atoms with E-state index >= 15 is 0 Å². The molecule has 0 spiro atoms. The number of carbonyl (C=O) groups is 2. The molecule has 8 heteroatoms. The van der Waals surface area contributed by atoms with Gasteiger partial charge in [-0.25, -0.2) is 9.59 Å². The van der Waals surface area contributed by atoms with E-state index in [-0.39, 0.29) is 17.3 Å². The first-order valence-corrected chi connectivity index (χ1v) is 9.66. The van der Waals surface area contributed by atoms with Crippen LogP contribution in [0.5, 0.6) is 5.75 Å². The summed E-state index contributed by atoms with van der Waals surface area (Å²) in [4.78, 5) is 23.7. The second kappa shape index (κ2) is 8.28. The van der Waals surface area contributed by atoms with Crippen LogP contribution in [0.15, 0.2) is 42.5 Å². The van der Waals surface area contributed by atoms with Crippen LogP contribution in [0.2, 0.25) is 5.02 Å². The normalized spacial score (nSPS) is 11.4. The molecule has 0 atom stereocenters. The fourth-order valence-electron chi connectivity index (χ4n) is 3.07. The zero-order valence-electron chi connectivity index (χ0n) is 17.2. The molecule has 0 aliphatic carbocycles. The second-order valence-electron chi connectivity index (χ2n) is 7.71. The summed E-state index contributed by atoms with van der Waals surface area (Å²) in [6, 6.07) is 12.4. The zero-order valence-corrected chi connectivity index (χ0v) is 17.9. The molecule has 1 aromatic heterocycles. The summed E-state index contributed by atoms with van der Waals surface area (Å²) in [5, 5.41) is 13.2. The minimum absolute atomic E-state index is 0.0282. The lowest BCUT2D eigenvalue weighted by atomic mass is 10.2. The van der Waals surface area contributed by atoms with E-state index in [2.05, 4.69) is 5.32 Å². The van der Waals surface area contributed by atoms with Crippen LogP contribution in [0.4, 0.5) is 4.79 Å².